The van der Waals surface area contributed by atoms with Crippen LogP contribution in [0.15, 0.2) is 54.6 Å². The number of halogens is 2. The fourth-order valence-corrected chi connectivity index (χ4v) is 1.88. The van der Waals surface area contributed by atoms with Crippen LogP contribution in [0.25, 0.3) is 0 Å². The lowest BCUT2D eigenvalue weighted by molar-refractivity contribution is -0.123. The summed E-state index contributed by atoms with van der Waals surface area (Å²) >= 11 is 0. The average molecular weight is 335 g/mol. The van der Waals surface area contributed by atoms with Crippen molar-refractivity contribution >= 4 is 17.6 Å². The van der Waals surface area contributed by atoms with E-state index in [-0.39, 0.29) is 11.3 Å². The first-order valence-corrected chi connectivity index (χ1v) is 7.08. The largest absolute Gasteiger partial charge is 0.449 e. The number of rotatable bonds is 6. The molecule has 0 bridgehead atoms. The van der Waals surface area contributed by atoms with Gasteiger partial charge in [0, 0.05) is 5.69 Å². The number of hydrogen-bond acceptors (Lipinski definition) is 4. The molecule has 126 valence electrons. The van der Waals surface area contributed by atoms with Crippen LogP contribution >= 0.6 is 0 Å². The number of alkyl halides is 2. The highest BCUT2D eigenvalue weighted by molar-refractivity contribution is 5.98. The van der Waals surface area contributed by atoms with Crippen LogP contribution in [0, 0.1) is 0 Å². The van der Waals surface area contributed by atoms with Gasteiger partial charge in [0.15, 0.2) is 6.10 Å². The van der Waals surface area contributed by atoms with Gasteiger partial charge in [-0.2, -0.15) is 8.78 Å². The number of benzene rings is 2. The number of carbonyl (C=O) groups excluding carboxylic acids is 2. The van der Waals surface area contributed by atoms with Crippen molar-refractivity contribution in [1.82, 2.24) is 0 Å². The molecule has 1 N–H and O–H groups in total. The van der Waals surface area contributed by atoms with E-state index in [1.165, 1.54) is 31.2 Å². The summed E-state index contributed by atoms with van der Waals surface area (Å²) in [7, 11) is 0. The van der Waals surface area contributed by atoms with Crippen LogP contribution in [0.4, 0.5) is 14.5 Å². The second kappa shape index (κ2) is 8.05. The Morgan fingerprint density at radius 3 is 2.29 bits per heavy atom. The lowest BCUT2D eigenvalue weighted by atomic mass is 10.2. The summed E-state index contributed by atoms with van der Waals surface area (Å²) in [5, 5.41) is 2.58. The van der Waals surface area contributed by atoms with Crippen LogP contribution in [-0.2, 0) is 9.53 Å². The van der Waals surface area contributed by atoms with E-state index in [0.29, 0.717) is 5.69 Å². The summed E-state index contributed by atoms with van der Waals surface area (Å²) in [5.41, 5.74) is 0.365. The maximum atomic E-state index is 12.4. The number of hydrogen-bond donors (Lipinski definition) is 1. The Labute approximate surface area is 137 Å². The number of para-hydroxylation sites is 2. The molecule has 0 spiro atoms. The molecule has 0 aromatic heterocycles. The van der Waals surface area contributed by atoms with Gasteiger partial charge in [0.25, 0.3) is 5.91 Å². The quantitative estimate of drug-likeness (QED) is 0.821. The lowest BCUT2D eigenvalue weighted by Crippen LogP contribution is -2.30. The van der Waals surface area contributed by atoms with Crippen molar-refractivity contribution in [2.45, 2.75) is 19.6 Å². The van der Waals surface area contributed by atoms with Gasteiger partial charge in [-0.3, -0.25) is 4.79 Å². The second-order valence-electron chi connectivity index (χ2n) is 4.78. The Morgan fingerprint density at radius 2 is 1.62 bits per heavy atom. The summed E-state index contributed by atoms with van der Waals surface area (Å²) in [5.74, 6) is -1.78. The van der Waals surface area contributed by atoms with Crippen LogP contribution in [0.2, 0.25) is 0 Å². The van der Waals surface area contributed by atoms with E-state index in [1.54, 1.807) is 30.3 Å². The molecule has 0 saturated carbocycles. The van der Waals surface area contributed by atoms with Crippen molar-refractivity contribution in [2.75, 3.05) is 5.32 Å². The van der Waals surface area contributed by atoms with E-state index < -0.39 is 24.6 Å². The maximum Gasteiger partial charge on any atom is 0.387 e. The Morgan fingerprint density at radius 1 is 1.00 bits per heavy atom. The molecule has 2 aromatic carbocycles. The minimum absolute atomic E-state index is 0.183. The molecule has 2 aromatic rings. The summed E-state index contributed by atoms with van der Waals surface area (Å²) in [6.45, 7) is -1.69. The molecule has 0 fully saturated rings. The molecule has 0 radical (unpaired) electrons. The minimum atomic E-state index is -3.07. The van der Waals surface area contributed by atoms with Crippen molar-refractivity contribution in [2.24, 2.45) is 0 Å². The minimum Gasteiger partial charge on any atom is -0.449 e. The molecule has 0 aliphatic heterocycles. The topological polar surface area (TPSA) is 64.6 Å². The van der Waals surface area contributed by atoms with Gasteiger partial charge in [0.2, 0.25) is 0 Å². The highest BCUT2D eigenvalue weighted by Gasteiger charge is 2.22. The smallest absolute Gasteiger partial charge is 0.387 e. The van der Waals surface area contributed by atoms with Crippen molar-refractivity contribution < 1.29 is 27.8 Å². The number of carbonyl (C=O) groups is 2. The highest BCUT2D eigenvalue weighted by atomic mass is 19.3. The molecule has 0 heterocycles. The third-order valence-electron chi connectivity index (χ3n) is 3.02. The van der Waals surface area contributed by atoms with E-state index in [0.717, 1.165) is 0 Å². The fraction of sp³-hybridized carbons (Fsp3) is 0.176. The normalized spacial score (nSPS) is 11.7. The van der Waals surface area contributed by atoms with Gasteiger partial charge in [-0.1, -0.05) is 30.3 Å². The lowest BCUT2D eigenvalue weighted by Gasteiger charge is -2.15. The number of esters is 1. The molecular weight excluding hydrogens is 320 g/mol. The Bertz CT molecular complexity index is 707. The molecule has 7 heteroatoms. The molecule has 1 unspecified atom stereocenters. The number of amides is 1. The van der Waals surface area contributed by atoms with Gasteiger partial charge < -0.3 is 14.8 Å². The molecule has 24 heavy (non-hydrogen) atoms. The zero-order valence-electron chi connectivity index (χ0n) is 12.7. The van der Waals surface area contributed by atoms with E-state index in [4.69, 9.17) is 4.74 Å². The Balaban J connectivity index is 2.02. The highest BCUT2D eigenvalue weighted by Crippen LogP contribution is 2.21. The predicted molar refractivity (Wildman–Crippen MR) is 83.0 cm³/mol. The number of ether oxygens (including phenoxy) is 2. The number of anilines is 1. The van der Waals surface area contributed by atoms with Crippen molar-refractivity contribution in [3.8, 4) is 5.75 Å². The first kappa shape index (κ1) is 17.4. The molecule has 0 aliphatic carbocycles. The van der Waals surface area contributed by atoms with Gasteiger partial charge in [-0.15, -0.1) is 0 Å². The van der Waals surface area contributed by atoms with Crippen LogP contribution < -0.4 is 10.1 Å². The van der Waals surface area contributed by atoms with Gasteiger partial charge in [-0.25, -0.2) is 4.79 Å². The van der Waals surface area contributed by atoms with Crippen LogP contribution in [0.5, 0.6) is 5.75 Å². The average Bonchev–Trinajstić information content (AvgIpc) is 2.55. The summed E-state index contributed by atoms with van der Waals surface area (Å²) in [4.78, 5) is 24.1. The van der Waals surface area contributed by atoms with Crippen LogP contribution in [0.1, 0.15) is 17.3 Å². The van der Waals surface area contributed by atoms with Gasteiger partial charge >= 0.3 is 12.6 Å². The summed E-state index contributed by atoms with van der Waals surface area (Å²) < 4.78 is 34.0. The Hall–Kier alpha value is -2.96. The molecule has 2 rings (SSSR count). The standard InChI is InChI=1S/C17H15F2NO4/c1-11(15(21)20-12-7-3-2-4-8-12)23-16(22)13-9-5-6-10-14(13)24-17(18)19/h2-11,17H,1H3,(H,20,21). The molecule has 1 amide bonds. The zero-order chi connectivity index (χ0) is 17.5. The van der Waals surface area contributed by atoms with Crippen LogP contribution in [-0.4, -0.2) is 24.6 Å². The van der Waals surface area contributed by atoms with E-state index >= 15 is 0 Å². The number of nitrogens with one attached hydrogen (secondary N) is 1. The van der Waals surface area contributed by atoms with Crippen LogP contribution in [0.3, 0.4) is 0 Å². The maximum absolute atomic E-state index is 12.4. The first-order valence-electron chi connectivity index (χ1n) is 7.08. The van der Waals surface area contributed by atoms with Crippen molar-refractivity contribution in [3.05, 3.63) is 60.2 Å². The summed E-state index contributed by atoms with van der Waals surface area (Å²) in [6.07, 6.45) is -1.11. The van der Waals surface area contributed by atoms with E-state index in [1.807, 2.05) is 0 Å². The third-order valence-corrected chi connectivity index (χ3v) is 3.02. The van der Waals surface area contributed by atoms with Crippen molar-refractivity contribution in [3.63, 3.8) is 0 Å². The third kappa shape index (κ3) is 4.77. The Kier molecular flexibility index (Phi) is 5.83. The fourth-order valence-electron chi connectivity index (χ4n) is 1.88. The molecule has 1 atom stereocenters. The van der Waals surface area contributed by atoms with Gasteiger partial charge in [0.1, 0.15) is 11.3 Å². The first-order chi connectivity index (χ1) is 11.5. The zero-order valence-corrected chi connectivity index (χ0v) is 12.7. The molecule has 0 saturated heterocycles. The molecular formula is C17H15F2NO4. The monoisotopic (exact) mass is 335 g/mol. The van der Waals surface area contributed by atoms with E-state index in [9.17, 15) is 18.4 Å². The SMILES string of the molecule is CC(OC(=O)c1ccccc1OC(F)F)C(=O)Nc1ccccc1. The summed E-state index contributed by atoms with van der Waals surface area (Å²) in [6, 6.07) is 14.0. The molecule has 5 nitrogen and oxygen atoms in total. The van der Waals surface area contributed by atoms with E-state index in [2.05, 4.69) is 10.1 Å². The van der Waals surface area contributed by atoms with Gasteiger partial charge in [-0.05, 0) is 31.2 Å². The second-order valence-corrected chi connectivity index (χ2v) is 4.78. The predicted octanol–water partition coefficient (Wildman–Crippen LogP) is 3.47. The molecule has 0 aliphatic rings. The van der Waals surface area contributed by atoms with Gasteiger partial charge in [0.05, 0.1) is 0 Å². The van der Waals surface area contributed by atoms with Crippen molar-refractivity contribution in [1.29, 1.82) is 0 Å².